The summed E-state index contributed by atoms with van der Waals surface area (Å²) in [7, 11) is 1.72. The zero-order valence-corrected chi connectivity index (χ0v) is 15.5. The number of amides is 2. The Kier molecular flexibility index (Phi) is 4.76. The third-order valence-electron chi connectivity index (χ3n) is 4.49. The number of thioether (sulfide) groups is 1. The number of carbonyl (C=O) groups excluding carboxylic acids is 2. The average molecular weight is 382 g/mol. The highest BCUT2D eigenvalue weighted by Crippen LogP contribution is 2.27. The third-order valence-corrected chi connectivity index (χ3v) is 5.57. The molecule has 9 heteroatoms. The van der Waals surface area contributed by atoms with Gasteiger partial charge in [-0.3, -0.25) is 14.7 Å². The number of hydrogen-bond acceptors (Lipinski definition) is 6. The molecule has 0 spiro atoms. The van der Waals surface area contributed by atoms with E-state index in [0.29, 0.717) is 17.9 Å². The van der Waals surface area contributed by atoms with Gasteiger partial charge in [-0.1, -0.05) is 12.1 Å². The van der Waals surface area contributed by atoms with E-state index in [-0.39, 0.29) is 24.2 Å². The van der Waals surface area contributed by atoms with E-state index in [0.717, 1.165) is 21.7 Å². The minimum atomic E-state index is -0.295. The van der Waals surface area contributed by atoms with Crippen molar-refractivity contribution in [1.29, 1.82) is 0 Å². The van der Waals surface area contributed by atoms with Crippen LogP contribution in [0.15, 0.2) is 41.8 Å². The van der Waals surface area contributed by atoms with E-state index in [1.54, 1.807) is 29.9 Å². The summed E-state index contributed by atoms with van der Waals surface area (Å²) in [5.41, 5.74) is 2.51. The first-order chi connectivity index (χ1) is 13.1. The van der Waals surface area contributed by atoms with Crippen LogP contribution in [0.25, 0.3) is 11.0 Å². The van der Waals surface area contributed by atoms with Crippen LogP contribution >= 0.6 is 11.8 Å². The van der Waals surface area contributed by atoms with Crippen molar-refractivity contribution in [3.8, 4) is 0 Å². The van der Waals surface area contributed by atoms with E-state index in [2.05, 4.69) is 25.5 Å². The molecule has 1 fully saturated rings. The minimum Gasteiger partial charge on any atom is -0.345 e. The van der Waals surface area contributed by atoms with E-state index >= 15 is 0 Å². The summed E-state index contributed by atoms with van der Waals surface area (Å²) in [6.07, 6.45) is 3.50. The molecule has 1 aliphatic heterocycles. The van der Waals surface area contributed by atoms with Crippen LogP contribution in [0.3, 0.4) is 0 Å². The molecular weight excluding hydrogens is 364 g/mol. The summed E-state index contributed by atoms with van der Waals surface area (Å²) >= 11 is 1.59. The molecule has 1 aliphatic rings. The van der Waals surface area contributed by atoms with Crippen LogP contribution in [0, 0.1) is 5.92 Å². The second-order valence-corrected chi connectivity index (χ2v) is 7.43. The lowest BCUT2D eigenvalue weighted by atomic mass is 10.1. The number of nitrogens with one attached hydrogen (secondary N) is 2. The number of aromatic amines is 1. The standard InChI is InChI=1S/C18H18N6O2S/c1-24-8-12(6-15(24)25)17(26)22-13-4-2-3-11(5-13)9-27-18-14-7-21-23-16(14)19-10-20-18/h2-5,7,10,12H,6,8-9H2,1H3,(H,22,26)(H,19,20,21,23). The molecule has 3 aromatic rings. The first-order valence-corrected chi connectivity index (χ1v) is 9.49. The van der Waals surface area contributed by atoms with Crippen LogP contribution in [-0.4, -0.2) is 50.5 Å². The molecule has 3 heterocycles. The van der Waals surface area contributed by atoms with Crippen LogP contribution in [0.2, 0.25) is 0 Å². The first kappa shape index (κ1) is 17.5. The molecular formula is C18H18N6O2S. The molecule has 0 bridgehead atoms. The van der Waals surface area contributed by atoms with Crippen molar-refractivity contribution in [2.75, 3.05) is 18.9 Å². The lowest BCUT2D eigenvalue weighted by molar-refractivity contribution is -0.127. The molecule has 8 nitrogen and oxygen atoms in total. The van der Waals surface area contributed by atoms with Gasteiger partial charge in [0.25, 0.3) is 0 Å². The van der Waals surface area contributed by atoms with Crippen molar-refractivity contribution < 1.29 is 9.59 Å². The molecule has 4 rings (SSSR count). The monoisotopic (exact) mass is 382 g/mol. The summed E-state index contributed by atoms with van der Waals surface area (Å²) in [4.78, 5) is 34.1. The Morgan fingerprint density at radius 2 is 2.30 bits per heavy atom. The second kappa shape index (κ2) is 7.36. The maximum absolute atomic E-state index is 12.4. The Morgan fingerprint density at radius 3 is 3.11 bits per heavy atom. The van der Waals surface area contributed by atoms with Gasteiger partial charge in [0.05, 0.1) is 17.5 Å². The van der Waals surface area contributed by atoms with Crippen molar-refractivity contribution >= 4 is 40.3 Å². The van der Waals surface area contributed by atoms with Crippen molar-refractivity contribution in [3.63, 3.8) is 0 Å². The minimum absolute atomic E-state index is 0.00992. The van der Waals surface area contributed by atoms with Crippen LogP contribution in [0.1, 0.15) is 12.0 Å². The van der Waals surface area contributed by atoms with Crippen molar-refractivity contribution in [2.24, 2.45) is 5.92 Å². The van der Waals surface area contributed by atoms with Crippen molar-refractivity contribution in [1.82, 2.24) is 25.1 Å². The number of carbonyl (C=O) groups is 2. The molecule has 0 saturated carbocycles. The Balaban J connectivity index is 1.41. The smallest absolute Gasteiger partial charge is 0.229 e. The molecule has 2 aromatic heterocycles. The number of likely N-dealkylation sites (tertiary alicyclic amines) is 1. The molecule has 27 heavy (non-hydrogen) atoms. The molecule has 1 atom stereocenters. The Morgan fingerprint density at radius 1 is 1.41 bits per heavy atom. The van der Waals surface area contributed by atoms with E-state index in [9.17, 15) is 9.59 Å². The fourth-order valence-corrected chi connectivity index (χ4v) is 3.94. The summed E-state index contributed by atoms with van der Waals surface area (Å²) in [6, 6.07) is 7.71. The topological polar surface area (TPSA) is 104 Å². The van der Waals surface area contributed by atoms with Gasteiger partial charge in [-0.05, 0) is 17.7 Å². The maximum atomic E-state index is 12.4. The van der Waals surface area contributed by atoms with Crippen LogP contribution < -0.4 is 5.32 Å². The van der Waals surface area contributed by atoms with Crippen LogP contribution in [0.4, 0.5) is 5.69 Å². The van der Waals surface area contributed by atoms with Crippen LogP contribution in [0.5, 0.6) is 0 Å². The largest absolute Gasteiger partial charge is 0.345 e. The average Bonchev–Trinajstić information content (AvgIpc) is 3.27. The van der Waals surface area contributed by atoms with E-state index < -0.39 is 0 Å². The SMILES string of the molecule is CN1CC(C(=O)Nc2cccc(CSc3ncnc4[nH]ncc34)c2)CC1=O. The third kappa shape index (κ3) is 3.77. The van der Waals surface area contributed by atoms with Gasteiger partial charge in [-0.25, -0.2) is 9.97 Å². The predicted molar refractivity (Wildman–Crippen MR) is 102 cm³/mol. The summed E-state index contributed by atoms with van der Waals surface area (Å²) in [5, 5.41) is 11.5. The van der Waals surface area contributed by atoms with Gasteiger partial charge >= 0.3 is 0 Å². The normalized spacial score (nSPS) is 16.9. The molecule has 2 N–H and O–H groups in total. The predicted octanol–water partition coefficient (Wildman–Crippen LogP) is 2.06. The Hall–Kier alpha value is -2.94. The lowest BCUT2D eigenvalue weighted by Crippen LogP contribution is -2.25. The quantitative estimate of drug-likeness (QED) is 0.517. The Labute approximate surface area is 159 Å². The number of hydrogen-bond donors (Lipinski definition) is 2. The second-order valence-electron chi connectivity index (χ2n) is 6.46. The summed E-state index contributed by atoms with van der Waals surface area (Å²) in [6.45, 7) is 0.467. The van der Waals surface area contributed by atoms with Crippen LogP contribution in [-0.2, 0) is 15.3 Å². The number of benzene rings is 1. The zero-order chi connectivity index (χ0) is 18.8. The van der Waals surface area contributed by atoms with Gasteiger partial charge in [0.1, 0.15) is 11.4 Å². The number of anilines is 1. The van der Waals surface area contributed by atoms with Gasteiger partial charge < -0.3 is 10.2 Å². The van der Waals surface area contributed by atoms with E-state index in [1.165, 1.54) is 6.33 Å². The highest BCUT2D eigenvalue weighted by atomic mass is 32.2. The summed E-state index contributed by atoms with van der Waals surface area (Å²) < 4.78 is 0. The van der Waals surface area contributed by atoms with E-state index in [4.69, 9.17) is 0 Å². The van der Waals surface area contributed by atoms with Gasteiger partial charge in [-0.2, -0.15) is 5.10 Å². The molecule has 0 radical (unpaired) electrons. The number of H-pyrrole nitrogens is 1. The fraction of sp³-hybridized carbons (Fsp3) is 0.278. The fourth-order valence-electron chi connectivity index (χ4n) is 3.03. The summed E-state index contributed by atoms with van der Waals surface area (Å²) in [5.74, 6) is 0.297. The molecule has 2 amide bonds. The number of fused-ring (bicyclic) bond motifs is 1. The van der Waals surface area contributed by atoms with Gasteiger partial charge in [0.15, 0.2) is 5.65 Å². The molecule has 0 aliphatic carbocycles. The first-order valence-electron chi connectivity index (χ1n) is 8.51. The molecule has 138 valence electrons. The highest BCUT2D eigenvalue weighted by molar-refractivity contribution is 7.98. The lowest BCUT2D eigenvalue weighted by Gasteiger charge is -2.12. The number of nitrogens with zero attached hydrogens (tertiary/aromatic N) is 4. The molecule has 1 aromatic carbocycles. The van der Waals surface area contributed by atoms with Gasteiger partial charge in [0.2, 0.25) is 11.8 Å². The van der Waals surface area contributed by atoms with Crippen molar-refractivity contribution in [2.45, 2.75) is 17.2 Å². The van der Waals surface area contributed by atoms with Gasteiger partial charge in [0, 0.05) is 31.5 Å². The van der Waals surface area contributed by atoms with Gasteiger partial charge in [-0.15, -0.1) is 11.8 Å². The number of aromatic nitrogens is 4. The molecule has 1 saturated heterocycles. The van der Waals surface area contributed by atoms with Crippen molar-refractivity contribution in [3.05, 3.63) is 42.4 Å². The highest BCUT2D eigenvalue weighted by Gasteiger charge is 2.32. The van der Waals surface area contributed by atoms with E-state index in [1.807, 2.05) is 24.3 Å². The molecule has 1 unspecified atom stereocenters. The number of rotatable bonds is 5. The maximum Gasteiger partial charge on any atom is 0.229 e. The zero-order valence-electron chi connectivity index (χ0n) is 14.7. The Bertz CT molecular complexity index is 1000.